The molecule has 1 aliphatic rings. The average Bonchev–Trinajstić information content (AvgIpc) is 3.19. The molecule has 2 aromatic carbocycles. The molecule has 5 nitrogen and oxygen atoms in total. The quantitative estimate of drug-likeness (QED) is 0.840. The van der Waals surface area contributed by atoms with Crippen LogP contribution < -0.4 is 14.8 Å². The van der Waals surface area contributed by atoms with E-state index in [0.717, 1.165) is 36.5 Å². The van der Waals surface area contributed by atoms with Crippen molar-refractivity contribution in [1.82, 2.24) is 5.32 Å². The summed E-state index contributed by atoms with van der Waals surface area (Å²) in [6.45, 7) is 1.85. The second-order valence-corrected chi connectivity index (χ2v) is 6.00. The zero-order valence-electron chi connectivity index (χ0n) is 14.4. The van der Waals surface area contributed by atoms with Crippen molar-refractivity contribution >= 4 is 5.91 Å². The number of rotatable bonds is 7. The Bertz CT molecular complexity index is 676. The predicted octanol–water partition coefficient (Wildman–Crippen LogP) is 3.18. The molecule has 3 rings (SSSR count). The van der Waals surface area contributed by atoms with Crippen molar-refractivity contribution < 1.29 is 19.0 Å². The first-order valence-corrected chi connectivity index (χ1v) is 8.50. The third kappa shape index (κ3) is 4.97. The number of nitrogens with one attached hydrogen (secondary N) is 1. The van der Waals surface area contributed by atoms with Gasteiger partial charge in [0, 0.05) is 18.7 Å². The lowest BCUT2D eigenvalue weighted by atomic mass is 10.2. The molecule has 0 aromatic heterocycles. The minimum atomic E-state index is -0.110. The molecule has 25 heavy (non-hydrogen) atoms. The van der Waals surface area contributed by atoms with E-state index in [1.807, 2.05) is 36.4 Å². The van der Waals surface area contributed by atoms with Crippen LogP contribution in [0.4, 0.5) is 0 Å². The summed E-state index contributed by atoms with van der Waals surface area (Å²) in [5.41, 5.74) is 1.63. The van der Waals surface area contributed by atoms with Crippen molar-refractivity contribution in [3.63, 3.8) is 0 Å². The van der Waals surface area contributed by atoms with Crippen molar-refractivity contribution in [2.45, 2.75) is 25.5 Å². The maximum Gasteiger partial charge on any atom is 0.251 e. The topological polar surface area (TPSA) is 56.8 Å². The van der Waals surface area contributed by atoms with E-state index in [1.165, 1.54) is 0 Å². The first-order valence-electron chi connectivity index (χ1n) is 8.50. The minimum Gasteiger partial charge on any atom is -0.497 e. The molecule has 1 N–H and O–H groups in total. The molecule has 1 fully saturated rings. The summed E-state index contributed by atoms with van der Waals surface area (Å²) in [7, 11) is 1.63. The highest BCUT2D eigenvalue weighted by Crippen LogP contribution is 2.17. The van der Waals surface area contributed by atoms with Crippen LogP contribution in [0.5, 0.6) is 11.5 Å². The van der Waals surface area contributed by atoms with E-state index < -0.39 is 0 Å². The highest BCUT2D eigenvalue weighted by molar-refractivity contribution is 5.94. The Kier molecular flexibility index (Phi) is 5.90. The second kappa shape index (κ2) is 8.53. The molecule has 1 amide bonds. The number of ether oxygens (including phenoxy) is 3. The third-order valence-corrected chi connectivity index (χ3v) is 4.19. The van der Waals surface area contributed by atoms with Gasteiger partial charge in [0.25, 0.3) is 5.91 Å². The van der Waals surface area contributed by atoms with Crippen LogP contribution in [-0.4, -0.2) is 32.3 Å². The van der Waals surface area contributed by atoms with E-state index >= 15 is 0 Å². The van der Waals surface area contributed by atoms with Gasteiger partial charge in [-0.1, -0.05) is 12.1 Å². The summed E-state index contributed by atoms with van der Waals surface area (Å²) in [6.07, 6.45) is 2.33. The second-order valence-electron chi connectivity index (χ2n) is 6.00. The summed E-state index contributed by atoms with van der Waals surface area (Å²) < 4.78 is 16.4. The van der Waals surface area contributed by atoms with Gasteiger partial charge in [-0.05, 0) is 54.8 Å². The monoisotopic (exact) mass is 341 g/mol. The smallest absolute Gasteiger partial charge is 0.251 e. The molecule has 0 radical (unpaired) electrons. The number of benzene rings is 2. The van der Waals surface area contributed by atoms with Crippen molar-refractivity contribution in [3.8, 4) is 11.5 Å². The van der Waals surface area contributed by atoms with Crippen molar-refractivity contribution in [2.24, 2.45) is 0 Å². The maximum atomic E-state index is 12.2. The SMILES string of the molecule is COc1ccc(CNC(=O)c2ccc(OC[C@H]3CCCO3)cc2)cc1. The molecule has 2 aromatic rings. The highest BCUT2D eigenvalue weighted by Gasteiger charge is 2.16. The van der Waals surface area contributed by atoms with Gasteiger partial charge in [-0.15, -0.1) is 0 Å². The minimum absolute atomic E-state index is 0.110. The van der Waals surface area contributed by atoms with Gasteiger partial charge in [-0.3, -0.25) is 4.79 Å². The predicted molar refractivity (Wildman–Crippen MR) is 95.1 cm³/mol. The van der Waals surface area contributed by atoms with Gasteiger partial charge in [0.2, 0.25) is 0 Å². The summed E-state index contributed by atoms with van der Waals surface area (Å²) in [4.78, 5) is 12.2. The number of carbonyl (C=O) groups excluding carboxylic acids is 1. The standard InChI is InChI=1S/C20H23NO4/c1-23-17-8-4-15(5-9-17)13-21-20(22)16-6-10-18(11-7-16)25-14-19-3-2-12-24-19/h4-11,19H,2-3,12-14H2,1H3,(H,21,22)/t19-/m1/s1. The van der Waals surface area contributed by atoms with E-state index in [2.05, 4.69) is 5.32 Å². The van der Waals surface area contributed by atoms with Gasteiger partial charge in [-0.25, -0.2) is 0 Å². The van der Waals surface area contributed by atoms with Crippen LogP contribution in [0.15, 0.2) is 48.5 Å². The Labute approximate surface area is 147 Å². The van der Waals surface area contributed by atoms with E-state index in [4.69, 9.17) is 14.2 Å². The summed E-state index contributed by atoms with van der Waals surface area (Å²) in [5.74, 6) is 1.44. The third-order valence-electron chi connectivity index (χ3n) is 4.19. The summed E-state index contributed by atoms with van der Waals surface area (Å²) in [5, 5.41) is 2.91. The molecule has 0 aliphatic carbocycles. The van der Waals surface area contributed by atoms with Crippen LogP contribution in [0, 0.1) is 0 Å². The molecule has 0 spiro atoms. The average molecular weight is 341 g/mol. The van der Waals surface area contributed by atoms with Crippen LogP contribution in [0.2, 0.25) is 0 Å². The summed E-state index contributed by atoms with van der Waals surface area (Å²) >= 11 is 0. The number of carbonyl (C=O) groups is 1. The fraction of sp³-hybridized carbons (Fsp3) is 0.350. The van der Waals surface area contributed by atoms with E-state index in [1.54, 1.807) is 19.2 Å². The van der Waals surface area contributed by atoms with Gasteiger partial charge in [-0.2, -0.15) is 0 Å². The molecule has 1 aliphatic heterocycles. The van der Waals surface area contributed by atoms with Crippen molar-refractivity contribution in [2.75, 3.05) is 20.3 Å². The molecule has 0 saturated carbocycles. The number of hydrogen-bond acceptors (Lipinski definition) is 4. The fourth-order valence-corrected chi connectivity index (χ4v) is 2.70. The number of hydrogen-bond donors (Lipinski definition) is 1. The lowest BCUT2D eigenvalue weighted by Crippen LogP contribution is -2.22. The Balaban J connectivity index is 1.47. The zero-order valence-corrected chi connectivity index (χ0v) is 14.4. The Morgan fingerprint density at radius 2 is 1.84 bits per heavy atom. The van der Waals surface area contributed by atoms with Gasteiger partial charge in [0.1, 0.15) is 18.1 Å². The van der Waals surface area contributed by atoms with Crippen LogP contribution in [0.3, 0.4) is 0 Å². The highest BCUT2D eigenvalue weighted by atomic mass is 16.5. The molecule has 0 bridgehead atoms. The van der Waals surface area contributed by atoms with Gasteiger partial charge in [0.05, 0.1) is 13.2 Å². The van der Waals surface area contributed by atoms with Gasteiger partial charge >= 0.3 is 0 Å². The van der Waals surface area contributed by atoms with Gasteiger partial charge < -0.3 is 19.5 Å². The van der Waals surface area contributed by atoms with Crippen LogP contribution in [0.1, 0.15) is 28.8 Å². The first kappa shape index (κ1) is 17.3. The maximum absolute atomic E-state index is 12.2. The van der Waals surface area contributed by atoms with Crippen molar-refractivity contribution in [1.29, 1.82) is 0 Å². The van der Waals surface area contributed by atoms with E-state index in [9.17, 15) is 4.79 Å². The first-order chi connectivity index (χ1) is 12.2. The van der Waals surface area contributed by atoms with E-state index in [0.29, 0.717) is 18.7 Å². The number of amides is 1. The molecular formula is C20H23NO4. The Morgan fingerprint density at radius 3 is 2.48 bits per heavy atom. The molecule has 132 valence electrons. The van der Waals surface area contributed by atoms with Gasteiger partial charge in [0.15, 0.2) is 0 Å². The molecule has 1 saturated heterocycles. The molecular weight excluding hydrogens is 318 g/mol. The number of methoxy groups -OCH3 is 1. The molecule has 5 heteroatoms. The Hall–Kier alpha value is -2.53. The van der Waals surface area contributed by atoms with E-state index in [-0.39, 0.29) is 12.0 Å². The zero-order chi connectivity index (χ0) is 17.5. The normalized spacial score (nSPS) is 16.4. The molecule has 1 atom stereocenters. The van der Waals surface area contributed by atoms with Crippen LogP contribution >= 0.6 is 0 Å². The Morgan fingerprint density at radius 1 is 1.12 bits per heavy atom. The lowest BCUT2D eigenvalue weighted by molar-refractivity contribution is 0.0679. The lowest BCUT2D eigenvalue weighted by Gasteiger charge is -2.12. The molecule has 0 unspecified atom stereocenters. The summed E-state index contributed by atoms with van der Waals surface area (Å²) in [6, 6.07) is 14.8. The van der Waals surface area contributed by atoms with Crippen LogP contribution in [0.25, 0.3) is 0 Å². The fourth-order valence-electron chi connectivity index (χ4n) is 2.70. The molecule has 1 heterocycles. The largest absolute Gasteiger partial charge is 0.497 e. The van der Waals surface area contributed by atoms with Crippen LogP contribution in [-0.2, 0) is 11.3 Å². The van der Waals surface area contributed by atoms with Crippen molar-refractivity contribution in [3.05, 3.63) is 59.7 Å².